The molecule has 0 unspecified atom stereocenters. The largest absolute Gasteiger partial charge is 0.457 e. The highest BCUT2D eigenvalue weighted by Crippen LogP contribution is 2.32. The maximum atomic E-state index is 12.2. The van der Waals surface area contributed by atoms with Crippen LogP contribution in [0.1, 0.15) is 12.8 Å². The fraction of sp³-hybridized carbons (Fsp3) is 0.278. The van der Waals surface area contributed by atoms with Crippen molar-refractivity contribution in [2.45, 2.75) is 17.7 Å². The van der Waals surface area contributed by atoms with Crippen LogP contribution < -0.4 is 10.1 Å². The molecular formula is C18H19NO5S. The fourth-order valence-electron chi connectivity index (χ4n) is 2.32. The highest BCUT2D eigenvalue weighted by Gasteiger charge is 2.28. The van der Waals surface area contributed by atoms with Crippen molar-refractivity contribution in [3.8, 4) is 11.5 Å². The van der Waals surface area contributed by atoms with Crippen molar-refractivity contribution in [1.29, 1.82) is 0 Å². The number of methoxy groups -OCH3 is 1. The van der Waals surface area contributed by atoms with Crippen molar-refractivity contribution < 1.29 is 22.7 Å². The Morgan fingerprint density at radius 1 is 1.04 bits per heavy atom. The smallest absolute Gasteiger partial charge is 0.411 e. The number of ether oxygens (including phenoxy) is 2. The lowest BCUT2D eigenvalue weighted by Crippen LogP contribution is -2.10. The zero-order valence-electron chi connectivity index (χ0n) is 13.8. The highest BCUT2D eigenvalue weighted by molar-refractivity contribution is 7.91. The third kappa shape index (κ3) is 4.73. The van der Waals surface area contributed by atoms with Crippen LogP contribution in [0.4, 0.5) is 10.5 Å². The van der Waals surface area contributed by atoms with Crippen LogP contribution in [0, 0.1) is 5.92 Å². The van der Waals surface area contributed by atoms with E-state index in [4.69, 9.17) is 4.74 Å². The molecule has 2 aromatic rings. The maximum Gasteiger partial charge on any atom is 0.411 e. The number of benzene rings is 2. The molecule has 0 atom stereocenters. The fourth-order valence-corrected chi connectivity index (χ4v) is 4.01. The van der Waals surface area contributed by atoms with Gasteiger partial charge >= 0.3 is 6.09 Å². The summed E-state index contributed by atoms with van der Waals surface area (Å²) in [7, 11) is -1.92. The molecule has 0 radical (unpaired) electrons. The van der Waals surface area contributed by atoms with E-state index in [9.17, 15) is 13.2 Å². The molecule has 132 valence electrons. The topological polar surface area (TPSA) is 81.7 Å². The van der Waals surface area contributed by atoms with Gasteiger partial charge in [-0.2, -0.15) is 0 Å². The first-order valence-electron chi connectivity index (χ1n) is 7.92. The molecule has 0 aromatic heterocycles. The molecule has 1 N–H and O–H groups in total. The van der Waals surface area contributed by atoms with E-state index >= 15 is 0 Å². The van der Waals surface area contributed by atoms with Gasteiger partial charge in [0, 0.05) is 5.69 Å². The van der Waals surface area contributed by atoms with Crippen molar-refractivity contribution >= 4 is 21.6 Å². The Hall–Kier alpha value is -2.54. The van der Waals surface area contributed by atoms with Gasteiger partial charge in [-0.15, -0.1) is 0 Å². The number of anilines is 1. The zero-order valence-corrected chi connectivity index (χ0v) is 14.6. The Bertz CT molecular complexity index is 840. The van der Waals surface area contributed by atoms with Crippen LogP contribution in [0.25, 0.3) is 0 Å². The second-order valence-electron chi connectivity index (χ2n) is 5.94. The SMILES string of the molecule is COC(=O)Nc1ccc(Oc2ccc(S(=O)(=O)CC3CC3)cc2)cc1. The van der Waals surface area contributed by atoms with E-state index in [0.29, 0.717) is 28.0 Å². The first-order chi connectivity index (χ1) is 12.0. The van der Waals surface area contributed by atoms with Gasteiger partial charge < -0.3 is 9.47 Å². The Labute approximate surface area is 146 Å². The number of nitrogens with one attached hydrogen (secondary N) is 1. The summed E-state index contributed by atoms with van der Waals surface area (Å²) in [4.78, 5) is 11.5. The van der Waals surface area contributed by atoms with Gasteiger partial charge in [0.05, 0.1) is 17.8 Å². The van der Waals surface area contributed by atoms with Crippen molar-refractivity contribution in [2.24, 2.45) is 5.92 Å². The van der Waals surface area contributed by atoms with Crippen LogP contribution in [0.5, 0.6) is 11.5 Å². The number of sulfone groups is 1. The minimum Gasteiger partial charge on any atom is -0.457 e. The lowest BCUT2D eigenvalue weighted by Gasteiger charge is -2.09. The molecule has 1 saturated carbocycles. The Morgan fingerprint density at radius 2 is 1.60 bits per heavy atom. The highest BCUT2D eigenvalue weighted by atomic mass is 32.2. The summed E-state index contributed by atoms with van der Waals surface area (Å²) in [6, 6.07) is 13.2. The first-order valence-corrected chi connectivity index (χ1v) is 9.57. The first kappa shape index (κ1) is 17.3. The summed E-state index contributed by atoms with van der Waals surface area (Å²) in [5, 5.41) is 2.54. The summed E-state index contributed by atoms with van der Waals surface area (Å²) in [5.41, 5.74) is 0.584. The van der Waals surface area contributed by atoms with Gasteiger partial charge in [0.1, 0.15) is 11.5 Å². The Morgan fingerprint density at radius 3 is 2.12 bits per heavy atom. The maximum absolute atomic E-state index is 12.2. The van der Waals surface area contributed by atoms with Gasteiger partial charge in [0.15, 0.2) is 9.84 Å². The van der Waals surface area contributed by atoms with Crippen LogP contribution in [-0.4, -0.2) is 27.4 Å². The van der Waals surface area contributed by atoms with Crippen LogP contribution in [0.15, 0.2) is 53.4 Å². The third-order valence-corrected chi connectivity index (χ3v) is 5.76. The van der Waals surface area contributed by atoms with Gasteiger partial charge in [-0.25, -0.2) is 13.2 Å². The van der Waals surface area contributed by atoms with E-state index in [2.05, 4.69) is 10.1 Å². The molecular weight excluding hydrogens is 342 g/mol. The number of carbonyl (C=O) groups excluding carboxylic acids is 1. The number of rotatable bonds is 6. The van der Waals surface area contributed by atoms with Crippen LogP contribution in [0.2, 0.25) is 0 Å². The van der Waals surface area contributed by atoms with E-state index in [0.717, 1.165) is 12.8 Å². The van der Waals surface area contributed by atoms with Crippen LogP contribution in [0.3, 0.4) is 0 Å². The van der Waals surface area contributed by atoms with E-state index in [1.54, 1.807) is 48.5 Å². The minimum absolute atomic E-state index is 0.224. The van der Waals surface area contributed by atoms with E-state index < -0.39 is 15.9 Å². The second-order valence-corrected chi connectivity index (χ2v) is 7.97. The lowest BCUT2D eigenvalue weighted by molar-refractivity contribution is 0.187. The quantitative estimate of drug-likeness (QED) is 0.845. The molecule has 1 aliphatic carbocycles. The predicted octanol–water partition coefficient (Wildman–Crippen LogP) is 3.84. The minimum atomic E-state index is -3.21. The summed E-state index contributed by atoms with van der Waals surface area (Å²) in [5.74, 6) is 1.66. The van der Waals surface area contributed by atoms with Crippen LogP contribution in [-0.2, 0) is 14.6 Å². The molecule has 1 aliphatic rings. The molecule has 7 heteroatoms. The second kappa shape index (κ2) is 7.14. The summed E-state index contributed by atoms with van der Waals surface area (Å²) in [6.45, 7) is 0. The molecule has 0 saturated heterocycles. The van der Waals surface area contributed by atoms with Crippen LogP contribution >= 0.6 is 0 Å². The summed E-state index contributed by atoms with van der Waals surface area (Å²) in [6.07, 6.45) is 1.46. The Balaban J connectivity index is 1.64. The van der Waals surface area contributed by atoms with Crippen molar-refractivity contribution in [3.63, 3.8) is 0 Å². The molecule has 0 bridgehead atoms. The van der Waals surface area contributed by atoms with Gasteiger partial charge in [-0.1, -0.05) is 0 Å². The lowest BCUT2D eigenvalue weighted by atomic mass is 10.3. The van der Waals surface area contributed by atoms with Gasteiger partial charge in [-0.05, 0) is 67.3 Å². The summed E-state index contributed by atoms with van der Waals surface area (Å²) < 4.78 is 34.6. The average Bonchev–Trinajstić information content (AvgIpc) is 3.40. The van der Waals surface area contributed by atoms with E-state index in [1.807, 2.05) is 0 Å². The number of hydrogen-bond acceptors (Lipinski definition) is 5. The molecule has 6 nitrogen and oxygen atoms in total. The monoisotopic (exact) mass is 361 g/mol. The van der Waals surface area contributed by atoms with E-state index in [-0.39, 0.29) is 5.75 Å². The molecule has 0 aliphatic heterocycles. The Kier molecular flexibility index (Phi) is 4.94. The molecule has 0 spiro atoms. The van der Waals surface area contributed by atoms with E-state index in [1.165, 1.54) is 7.11 Å². The van der Waals surface area contributed by atoms with Gasteiger partial charge in [0.2, 0.25) is 0 Å². The molecule has 1 fully saturated rings. The van der Waals surface area contributed by atoms with Crippen molar-refractivity contribution in [2.75, 3.05) is 18.2 Å². The number of amides is 1. The van der Waals surface area contributed by atoms with Gasteiger partial charge in [-0.3, -0.25) is 5.32 Å². The normalized spacial score (nSPS) is 14.0. The summed E-state index contributed by atoms with van der Waals surface area (Å²) >= 11 is 0. The predicted molar refractivity (Wildman–Crippen MR) is 93.8 cm³/mol. The number of carbonyl (C=O) groups is 1. The van der Waals surface area contributed by atoms with Gasteiger partial charge in [0.25, 0.3) is 0 Å². The molecule has 1 amide bonds. The standard InChI is InChI=1S/C18H19NO5S/c1-23-18(20)19-14-4-6-15(7-5-14)24-16-8-10-17(11-9-16)25(21,22)12-13-2-3-13/h4-11,13H,2-3,12H2,1H3,(H,19,20). The van der Waals surface area contributed by atoms with Crippen molar-refractivity contribution in [1.82, 2.24) is 0 Å². The zero-order chi connectivity index (χ0) is 17.9. The number of hydrogen-bond donors (Lipinski definition) is 1. The third-order valence-electron chi connectivity index (χ3n) is 3.86. The molecule has 0 heterocycles. The molecule has 25 heavy (non-hydrogen) atoms. The molecule has 3 rings (SSSR count). The molecule has 2 aromatic carbocycles. The average molecular weight is 361 g/mol. The van der Waals surface area contributed by atoms with Crippen molar-refractivity contribution in [3.05, 3.63) is 48.5 Å².